The number of carbonyl (C=O) groups is 1. The molecule has 0 bridgehead atoms. The Kier molecular flexibility index (Phi) is 6.37. The zero-order chi connectivity index (χ0) is 16.1. The molecule has 0 radical (unpaired) electrons. The summed E-state index contributed by atoms with van der Waals surface area (Å²) in [6.45, 7) is 5.85. The number of nitrogens with zero attached hydrogens (tertiary/aromatic N) is 1. The highest BCUT2D eigenvalue weighted by atomic mass is 32.2. The Morgan fingerprint density at radius 3 is 2.95 bits per heavy atom. The van der Waals surface area contributed by atoms with Gasteiger partial charge in [-0.25, -0.2) is 9.78 Å². The van der Waals surface area contributed by atoms with Crippen LogP contribution in [-0.4, -0.2) is 32.3 Å². The first kappa shape index (κ1) is 17.4. The predicted octanol–water partition coefficient (Wildman–Crippen LogP) is 2.89. The summed E-state index contributed by atoms with van der Waals surface area (Å²) in [6.07, 6.45) is 3.82. The van der Waals surface area contributed by atoms with Crippen molar-refractivity contribution < 1.29 is 9.00 Å². The smallest absolute Gasteiger partial charge is 0.315 e. The Bertz CT molecular complexity index is 533. The summed E-state index contributed by atoms with van der Waals surface area (Å²) in [5.41, 5.74) is 0.895. The van der Waals surface area contributed by atoms with Crippen molar-refractivity contribution in [1.29, 1.82) is 0 Å². The first-order chi connectivity index (χ1) is 10.5. The van der Waals surface area contributed by atoms with E-state index < -0.39 is 10.8 Å². The van der Waals surface area contributed by atoms with Crippen molar-refractivity contribution in [2.24, 2.45) is 0 Å². The quantitative estimate of drug-likeness (QED) is 0.863. The van der Waals surface area contributed by atoms with E-state index >= 15 is 0 Å². The lowest BCUT2D eigenvalue weighted by atomic mass is 9.95. The highest BCUT2D eigenvalue weighted by molar-refractivity contribution is 7.85. The van der Waals surface area contributed by atoms with Crippen LogP contribution in [0, 0.1) is 6.92 Å². The van der Waals surface area contributed by atoms with Crippen LogP contribution < -0.4 is 10.6 Å². The van der Waals surface area contributed by atoms with Crippen molar-refractivity contribution in [1.82, 2.24) is 15.6 Å². The van der Waals surface area contributed by atoms with Crippen molar-refractivity contribution in [3.05, 3.63) is 16.1 Å². The van der Waals surface area contributed by atoms with Crippen LogP contribution in [0.3, 0.4) is 0 Å². The highest BCUT2D eigenvalue weighted by Crippen LogP contribution is 2.23. The van der Waals surface area contributed by atoms with Gasteiger partial charge in [0.2, 0.25) is 0 Å². The Morgan fingerprint density at radius 1 is 1.55 bits per heavy atom. The van der Waals surface area contributed by atoms with Gasteiger partial charge in [-0.1, -0.05) is 13.3 Å². The van der Waals surface area contributed by atoms with Crippen LogP contribution in [0.15, 0.2) is 5.38 Å². The minimum Gasteiger partial charge on any atom is -0.335 e. The van der Waals surface area contributed by atoms with Gasteiger partial charge in [0.05, 0.1) is 16.7 Å². The van der Waals surface area contributed by atoms with Crippen molar-refractivity contribution in [3.63, 3.8) is 0 Å². The number of urea groups is 1. The molecule has 1 aromatic heterocycles. The topological polar surface area (TPSA) is 71.1 Å². The summed E-state index contributed by atoms with van der Waals surface area (Å²) in [6, 6.07) is -0.140. The standard InChI is InChI=1S/C15H25N3O2S2/c1-4-22(20)13-7-5-6-12(8-13)18-15(19)16-10(2)14-9-21-11(3)17-14/h9-10,12-13H,4-8H2,1-3H3,(H2,16,18,19). The molecule has 2 N–H and O–H groups in total. The van der Waals surface area contributed by atoms with Crippen LogP contribution in [0.5, 0.6) is 0 Å². The SMILES string of the molecule is CCS(=O)C1CCCC(NC(=O)NC(C)c2csc(C)n2)C1. The van der Waals surface area contributed by atoms with Crippen LogP contribution in [-0.2, 0) is 10.8 Å². The van der Waals surface area contributed by atoms with Gasteiger partial charge >= 0.3 is 6.03 Å². The van der Waals surface area contributed by atoms with E-state index in [4.69, 9.17) is 0 Å². The molecule has 22 heavy (non-hydrogen) atoms. The molecule has 2 amide bonds. The second kappa shape index (κ2) is 8.06. The molecule has 2 rings (SSSR count). The maximum absolute atomic E-state index is 12.1. The number of aromatic nitrogens is 1. The summed E-state index contributed by atoms with van der Waals surface area (Å²) in [5.74, 6) is 0.698. The molecule has 1 saturated carbocycles. The first-order valence-electron chi connectivity index (χ1n) is 7.85. The van der Waals surface area contributed by atoms with E-state index in [0.29, 0.717) is 5.75 Å². The van der Waals surface area contributed by atoms with E-state index in [2.05, 4.69) is 15.6 Å². The number of hydrogen-bond acceptors (Lipinski definition) is 4. The van der Waals surface area contributed by atoms with Gasteiger partial charge in [0.1, 0.15) is 0 Å². The summed E-state index contributed by atoms with van der Waals surface area (Å²) < 4.78 is 11.9. The average Bonchev–Trinajstić information content (AvgIpc) is 2.93. The van der Waals surface area contributed by atoms with E-state index in [0.717, 1.165) is 36.4 Å². The molecule has 1 aliphatic rings. The molecule has 1 aromatic rings. The maximum Gasteiger partial charge on any atom is 0.315 e. The average molecular weight is 344 g/mol. The third kappa shape index (κ3) is 4.78. The number of nitrogens with one attached hydrogen (secondary N) is 2. The van der Waals surface area contributed by atoms with Crippen molar-refractivity contribution in [2.75, 3.05) is 5.75 Å². The molecule has 1 aliphatic carbocycles. The maximum atomic E-state index is 12.1. The zero-order valence-electron chi connectivity index (χ0n) is 13.4. The fraction of sp³-hybridized carbons (Fsp3) is 0.733. The van der Waals surface area contributed by atoms with E-state index in [1.807, 2.05) is 26.2 Å². The number of aryl methyl sites for hydroxylation is 1. The van der Waals surface area contributed by atoms with Gasteiger partial charge in [0.25, 0.3) is 0 Å². The van der Waals surface area contributed by atoms with E-state index in [1.165, 1.54) is 0 Å². The molecule has 7 heteroatoms. The van der Waals surface area contributed by atoms with Crippen LogP contribution in [0.2, 0.25) is 0 Å². The summed E-state index contributed by atoms with van der Waals surface area (Å²) in [4.78, 5) is 16.5. The number of rotatable bonds is 5. The van der Waals surface area contributed by atoms with Crippen molar-refractivity contribution >= 4 is 28.2 Å². The van der Waals surface area contributed by atoms with E-state index in [-0.39, 0.29) is 23.4 Å². The normalized spacial score (nSPS) is 24.5. The molecule has 1 fully saturated rings. The Morgan fingerprint density at radius 2 is 2.32 bits per heavy atom. The zero-order valence-corrected chi connectivity index (χ0v) is 15.1. The number of amides is 2. The van der Waals surface area contributed by atoms with Gasteiger partial charge in [-0.15, -0.1) is 11.3 Å². The molecule has 1 heterocycles. The lowest BCUT2D eigenvalue weighted by Gasteiger charge is -2.29. The number of hydrogen-bond donors (Lipinski definition) is 2. The Balaban J connectivity index is 1.82. The van der Waals surface area contributed by atoms with Gasteiger partial charge in [-0.3, -0.25) is 4.21 Å². The first-order valence-corrected chi connectivity index (χ1v) is 10.1. The molecule has 0 aliphatic heterocycles. The van der Waals surface area contributed by atoms with Crippen LogP contribution >= 0.6 is 11.3 Å². The third-order valence-corrected chi connectivity index (χ3v) is 6.58. The van der Waals surface area contributed by atoms with Gasteiger partial charge in [0, 0.05) is 33.2 Å². The Hall–Kier alpha value is -0.950. The second-order valence-corrected chi connectivity index (χ2v) is 8.85. The molecule has 0 saturated heterocycles. The largest absolute Gasteiger partial charge is 0.335 e. The van der Waals surface area contributed by atoms with Crippen LogP contribution in [0.1, 0.15) is 56.3 Å². The molecule has 4 atom stereocenters. The van der Waals surface area contributed by atoms with Gasteiger partial charge in [0.15, 0.2) is 0 Å². The van der Waals surface area contributed by atoms with Gasteiger partial charge in [-0.2, -0.15) is 0 Å². The predicted molar refractivity (Wildman–Crippen MR) is 91.7 cm³/mol. The second-order valence-electron chi connectivity index (χ2n) is 5.79. The molecule has 5 nitrogen and oxygen atoms in total. The number of carbonyl (C=O) groups excluding carboxylic acids is 1. The van der Waals surface area contributed by atoms with E-state index in [1.54, 1.807) is 11.3 Å². The molecule has 0 aromatic carbocycles. The lowest BCUT2D eigenvalue weighted by molar-refractivity contribution is 0.229. The number of thiazole rings is 1. The van der Waals surface area contributed by atoms with Crippen LogP contribution in [0.4, 0.5) is 4.79 Å². The minimum atomic E-state index is -0.767. The summed E-state index contributed by atoms with van der Waals surface area (Å²) >= 11 is 1.58. The molecule has 4 unspecified atom stereocenters. The highest BCUT2D eigenvalue weighted by Gasteiger charge is 2.26. The summed E-state index contributed by atoms with van der Waals surface area (Å²) in [5, 5.41) is 9.16. The van der Waals surface area contributed by atoms with E-state index in [9.17, 15) is 9.00 Å². The van der Waals surface area contributed by atoms with Crippen LogP contribution in [0.25, 0.3) is 0 Å². The Labute approximate surface area is 138 Å². The fourth-order valence-electron chi connectivity index (χ4n) is 2.83. The van der Waals surface area contributed by atoms with Crippen molar-refractivity contribution in [3.8, 4) is 0 Å². The third-order valence-electron chi connectivity index (χ3n) is 4.05. The molecular formula is C15H25N3O2S2. The monoisotopic (exact) mass is 343 g/mol. The molecule has 0 spiro atoms. The minimum absolute atomic E-state index is 0.103. The van der Waals surface area contributed by atoms with Crippen molar-refractivity contribution in [2.45, 2.75) is 63.8 Å². The lowest BCUT2D eigenvalue weighted by Crippen LogP contribution is -2.46. The fourth-order valence-corrected chi connectivity index (χ4v) is 4.88. The molecular weight excluding hydrogens is 318 g/mol. The molecule has 124 valence electrons. The van der Waals surface area contributed by atoms with Gasteiger partial charge in [-0.05, 0) is 33.1 Å². The van der Waals surface area contributed by atoms with Gasteiger partial charge < -0.3 is 10.6 Å². The summed E-state index contributed by atoms with van der Waals surface area (Å²) in [7, 11) is -0.767.